The number of rotatable bonds is 2. The molecule has 0 saturated carbocycles. The van der Waals surface area contributed by atoms with Crippen LogP contribution in [0, 0.1) is 25.2 Å². The fourth-order valence-corrected chi connectivity index (χ4v) is 1.57. The first-order chi connectivity index (χ1) is 7.69. The highest BCUT2D eigenvalue weighted by atomic mass is 15.3. The summed E-state index contributed by atoms with van der Waals surface area (Å²) in [5.41, 5.74) is 4.11. The van der Waals surface area contributed by atoms with Crippen LogP contribution in [-0.2, 0) is 6.54 Å². The third-order valence-corrected chi connectivity index (χ3v) is 2.62. The van der Waals surface area contributed by atoms with E-state index in [9.17, 15) is 0 Å². The predicted octanol–water partition coefficient (Wildman–Crippen LogP) is 2.42. The molecule has 80 valence electrons. The summed E-state index contributed by atoms with van der Waals surface area (Å²) in [4.78, 5) is 0. The molecule has 0 unspecified atom stereocenters. The molecule has 2 rings (SSSR count). The normalized spacial score (nSPS) is 10.1. The van der Waals surface area contributed by atoms with Crippen molar-refractivity contribution in [2.75, 3.05) is 0 Å². The maximum absolute atomic E-state index is 8.69. The Hall–Kier alpha value is -2.08. The van der Waals surface area contributed by atoms with E-state index in [1.807, 2.05) is 42.1 Å². The van der Waals surface area contributed by atoms with E-state index in [0.29, 0.717) is 5.56 Å². The topological polar surface area (TPSA) is 41.6 Å². The van der Waals surface area contributed by atoms with Crippen LogP contribution in [-0.4, -0.2) is 9.78 Å². The van der Waals surface area contributed by atoms with Crippen LogP contribution in [0.4, 0.5) is 0 Å². The SMILES string of the molecule is Cc1cn(Cc2ccc(C#N)cc2)nc1C. The molecular weight excluding hydrogens is 198 g/mol. The van der Waals surface area contributed by atoms with Crippen molar-refractivity contribution in [3.63, 3.8) is 0 Å². The lowest BCUT2D eigenvalue weighted by molar-refractivity contribution is 0.679. The second kappa shape index (κ2) is 4.19. The molecule has 0 aliphatic rings. The Bertz CT molecular complexity index is 510. The lowest BCUT2D eigenvalue weighted by atomic mass is 10.1. The van der Waals surface area contributed by atoms with Crippen LogP contribution < -0.4 is 0 Å². The summed E-state index contributed by atoms with van der Waals surface area (Å²) < 4.78 is 1.92. The molecule has 1 aromatic heterocycles. The molecule has 0 atom stereocenters. The standard InChI is InChI=1S/C13H13N3/c1-10-8-16(15-11(10)2)9-13-5-3-12(7-14)4-6-13/h3-6,8H,9H2,1-2H3. The van der Waals surface area contributed by atoms with E-state index in [1.54, 1.807) is 0 Å². The Morgan fingerprint density at radius 1 is 1.25 bits per heavy atom. The number of aryl methyl sites for hydroxylation is 2. The van der Waals surface area contributed by atoms with Crippen molar-refractivity contribution in [3.05, 3.63) is 52.8 Å². The van der Waals surface area contributed by atoms with Crippen LogP contribution in [0.5, 0.6) is 0 Å². The number of nitrogens with zero attached hydrogens (tertiary/aromatic N) is 3. The van der Waals surface area contributed by atoms with Gasteiger partial charge in [-0.25, -0.2) is 0 Å². The average Bonchev–Trinajstić information content (AvgIpc) is 2.59. The largest absolute Gasteiger partial charge is 0.268 e. The number of hydrogen-bond donors (Lipinski definition) is 0. The molecule has 0 fully saturated rings. The smallest absolute Gasteiger partial charge is 0.0991 e. The van der Waals surface area contributed by atoms with E-state index in [0.717, 1.165) is 17.8 Å². The minimum Gasteiger partial charge on any atom is -0.268 e. The van der Waals surface area contributed by atoms with Crippen molar-refractivity contribution < 1.29 is 0 Å². The van der Waals surface area contributed by atoms with Crippen LogP contribution in [0.1, 0.15) is 22.4 Å². The van der Waals surface area contributed by atoms with Crippen molar-refractivity contribution in [1.82, 2.24) is 9.78 Å². The Labute approximate surface area is 94.9 Å². The first-order valence-corrected chi connectivity index (χ1v) is 5.19. The second-order valence-electron chi connectivity index (χ2n) is 3.90. The summed E-state index contributed by atoms with van der Waals surface area (Å²) in [6, 6.07) is 9.70. The molecule has 0 N–H and O–H groups in total. The molecule has 0 aliphatic carbocycles. The van der Waals surface area contributed by atoms with Crippen molar-refractivity contribution in [2.45, 2.75) is 20.4 Å². The van der Waals surface area contributed by atoms with Crippen LogP contribution in [0.15, 0.2) is 30.5 Å². The van der Waals surface area contributed by atoms with Gasteiger partial charge in [0.1, 0.15) is 0 Å². The lowest BCUT2D eigenvalue weighted by Gasteiger charge is -2.01. The van der Waals surface area contributed by atoms with E-state index in [4.69, 9.17) is 5.26 Å². The maximum atomic E-state index is 8.69. The molecule has 0 aliphatic heterocycles. The quantitative estimate of drug-likeness (QED) is 0.765. The number of nitriles is 1. The zero-order valence-corrected chi connectivity index (χ0v) is 9.44. The first kappa shape index (κ1) is 10.4. The van der Waals surface area contributed by atoms with Gasteiger partial charge in [0, 0.05) is 6.20 Å². The summed E-state index contributed by atoms with van der Waals surface area (Å²) >= 11 is 0. The summed E-state index contributed by atoms with van der Waals surface area (Å²) in [6.07, 6.45) is 2.04. The molecule has 0 amide bonds. The van der Waals surface area contributed by atoms with E-state index >= 15 is 0 Å². The Morgan fingerprint density at radius 2 is 1.94 bits per heavy atom. The Morgan fingerprint density at radius 3 is 2.44 bits per heavy atom. The summed E-state index contributed by atoms with van der Waals surface area (Å²) in [7, 11) is 0. The van der Waals surface area contributed by atoms with E-state index < -0.39 is 0 Å². The summed E-state index contributed by atoms with van der Waals surface area (Å²) in [5, 5.41) is 13.1. The van der Waals surface area contributed by atoms with Gasteiger partial charge >= 0.3 is 0 Å². The van der Waals surface area contributed by atoms with Gasteiger partial charge in [0.2, 0.25) is 0 Å². The Balaban J connectivity index is 2.18. The van der Waals surface area contributed by atoms with E-state index in [1.165, 1.54) is 5.56 Å². The molecule has 1 aromatic carbocycles. The minimum atomic E-state index is 0.691. The molecule has 2 aromatic rings. The third-order valence-electron chi connectivity index (χ3n) is 2.62. The van der Waals surface area contributed by atoms with Crippen molar-refractivity contribution in [1.29, 1.82) is 5.26 Å². The van der Waals surface area contributed by atoms with Crippen molar-refractivity contribution >= 4 is 0 Å². The van der Waals surface area contributed by atoms with Crippen LogP contribution in [0.3, 0.4) is 0 Å². The van der Waals surface area contributed by atoms with Gasteiger partial charge in [-0.2, -0.15) is 10.4 Å². The van der Waals surface area contributed by atoms with Crippen LogP contribution >= 0.6 is 0 Å². The fraction of sp³-hybridized carbons (Fsp3) is 0.231. The molecule has 0 spiro atoms. The van der Waals surface area contributed by atoms with Gasteiger partial charge in [0.15, 0.2) is 0 Å². The molecule has 0 radical (unpaired) electrons. The molecule has 16 heavy (non-hydrogen) atoms. The molecule has 0 saturated heterocycles. The summed E-state index contributed by atoms with van der Waals surface area (Å²) in [5.74, 6) is 0. The average molecular weight is 211 g/mol. The van der Waals surface area contributed by atoms with Gasteiger partial charge in [-0.1, -0.05) is 12.1 Å². The van der Waals surface area contributed by atoms with E-state index in [2.05, 4.69) is 18.1 Å². The Kier molecular flexibility index (Phi) is 2.74. The number of benzene rings is 1. The van der Waals surface area contributed by atoms with Gasteiger partial charge in [-0.3, -0.25) is 4.68 Å². The van der Waals surface area contributed by atoms with Gasteiger partial charge in [-0.15, -0.1) is 0 Å². The highest BCUT2D eigenvalue weighted by Gasteiger charge is 2.00. The number of aromatic nitrogens is 2. The zero-order valence-electron chi connectivity index (χ0n) is 9.44. The van der Waals surface area contributed by atoms with Crippen molar-refractivity contribution in [3.8, 4) is 6.07 Å². The third kappa shape index (κ3) is 2.12. The first-order valence-electron chi connectivity index (χ1n) is 5.19. The zero-order chi connectivity index (χ0) is 11.5. The van der Waals surface area contributed by atoms with Crippen LogP contribution in [0.25, 0.3) is 0 Å². The van der Waals surface area contributed by atoms with Gasteiger partial charge in [0.25, 0.3) is 0 Å². The van der Waals surface area contributed by atoms with Crippen molar-refractivity contribution in [2.24, 2.45) is 0 Å². The fourth-order valence-electron chi connectivity index (χ4n) is 1.57. The molecule has 0 bridgehead atoms. The highest BCUT2D eigenvalue weighted by Crippen LogP contribution is 2.08. The summed E-state index contributed by atoms with van der Waals surface area (Å²) in [6.45, 7) is 4.81. The number of hydrogen-bond acceptors (Lipinski definition) is 2. The highest BCUT2D eigenvalue weighted by molar-refractivity contribution is 5.31. The lowest BCUT2D eigenvalue weighted by Crippen LogP contribution is -2.00. The van der Waals surface area contributed by atoms with Gasteiger partial charge in [-0.05, 0) is 37.1 Å². The molecular formula is C13H13N3. The molecule has 3 nitrogen and oxygen atoms in total. The monoisotopic (exact) mass is 211 g/mol. The van der Waals surface area contributed by atoms with E-state index in [-0.39, 0.29) is 0 Å². The van der Waals surface area contributed by atoms with Gasteiger partial charge < -0.3 is 0 Å². The second-order valence-corrected chi connectivity index (χ2v) is 3.90. The maximum Gasteiger partial charge on any atom is 0.0991 e. The predicted molar refractivity (Wildman–Crippen MR) is 62.0 cm³/mol. The minimum absolute atomic E-state index is 0.691. The van der Waals surface area contributed by atoms with Gasteiger partial charge in [0.05, 0.1) is 23.9 Å². The molecule has 1 heterocycles. The van der Waals surface area contributed by atoms with Crippen LogP contribution in [0.2, 0.25) is 0 Å². The molecule has 3 heteroatoms.